The van der Waals surface area contributed by atoms with Gasteiger partial charge in [-0.2, -0.15) is 5.10 Å². The third-order valence-electron chi connectivity index (χ3n) is 5.85. The number of hydrogen-bond acceptors (Lipinski definition) is 5. The number of rotatable bonds is 4. The van der Waals surface area contributed by atoms with Crippen molar-refractivity contribution < 1.29 is 0 Å². The van der Waals surface area contributed by atoms with Crippen molar-refractivity contribution in [2.24, 2.45) is 0 Å². The molecule has 6 aromatic rings. The molecule has 0 saturated heterocycles. The van der Waals surface area contributed by atoms with Gasteiger partial charge in [-0.25, -0.2) is 0 Å². The number of nitrogens with one attached hydrogen (secondary N) is 2. The van der Waals surface area contributed by atoms with Gasteiger partial charge in [0.25, 0.3) is 0 Å². The van der Waals surface area contributed by atoms with Gasteiger partial charge < -0.3 is 9.88 Å². The number of fused-ring (bicyclic) bond motifs is 2. The summed E-state index contributed by atoms with van der Waals surface area (Å²) in [6, 6.07) is 18.4. The van der Waals surface area contributed by atoms with Crippen LogP contribution < -0.4 is 4.90 Å². The number of aromatic amines is 2. The first kappa shape index (κ1) is 19.2. The highest BCUT2D eigenvalue weighted by molar-refractivity contribution is 6.00. The Morgan fingerprint density at radius 2 is 1.67 bits per heavy atom. The molecule has 0 unspecified atom stereocenters. The van der Waals surface area contributed by atoms with Crippen molar-refractivity contribution in [3.8, 4) is 33.9 Å². The summed E-state index contributed by atoms with van der Waals surface area (Å²) in [5.74, 6) is 0. The molecule has 0 radical (unpaired) electrons. The molecule has 6 rings (SSSR count). The third kappa shape index (κ3) is 3.30. The van der Waals surface area contributed by atoms with E-state index in [0.717, 1.165) is 61.4 Å². The van der Waals surface area contributed by atoms with Crippen molar-refractivity contribution in [1.82, 2.24) is 30.1 Å². The molecule has 2 N–H and O–H groups in total. The van der Waals surface area contributed by atoms with E-state index in [0.29, 0.717) is 0 Å². The lowest BCUT2D eigenvalue weighted by Crippen LogP contribution is -2.08. The SMILES string of the molecule is CN(C)c1cncc(-c2ccc3[nH]nc(-c4cc5c(-c6ccccn6)nccc5[nH]4)c3c2)c1. The van der Waals surface area contributed by atoms with Gasteiger partial charge in [0.05, 0.1) is 34.5 Å². The second-order valence-corrected chi connectivity index (χ2v) is 8.18. The summed E-state index contributed by atoms with van der Waals surface area (Å²) in [7, 11) is 4.03. The molecule has 0 spiro atoms. The lowest BCUT2D eigenvalue weighted by atomic mass is 10.0. The number of nitrogens with zero attached hydrogens (tertiary/aromatic N) is 5. The number of anilines is 1. The summed E-state index contributed by atoms with van der Waals surface area (Å²) in [5, 5.41) is 9.85. The predicted octanol–water partition coefficient (Wildman–Crippen LogP) is 5.30. The Hall–Kier alpha value is -4.52. The Kier molecular flexibility index (Phi) is 4.40. The van der Waals surface area contributed by atoms with Crippen molar-refractivity contribution in [3.63, 3.8) is 0 Å². The first-order valence-corrected chi connectivity index (χ1v) is 10.7. The maximum Gasteiger partial charge on any atom is 0.116 e. The van der Waals surface area contributed by atoms with Crippen molar-refractivity contribution in [1.29, 1.82) is 0 Å². The molecule has 7 heteroatoms. The van der Waals surface area contributed by atoms with Crippen molar-refractivity contribution in [2.45, 2.75) is 0 Å². The van der Waals surface area contributed by atoms with Gasteiger partial charge in [0, 0.05) is 54.5 Å². The standard InChI is InChI=1S/C26H21N7/c1-33(2)18-11-17(14-27-15-18)16-6-7-22-19(12-16)26(32-31-22)24-13-20-21(30-24)8-10-29-25(20)23-5-3-4-9-28-23/h3-15,30H,1-2H3,(H,31,32). The smallest absolute Gasteiger partial charge is 0.116 e. The van der Waals surface area contributed by atoms with Crippen LogP contribution in [0.4, 0.5) is 5.69 Å². The van der Waals surface area contributed by atoms with Crippen LogP contribution >= 0.6 is 0 Å². The first-order chi connectivity index (χ1) is 16.2. The molecule has 0 fully saturated rings. The number of hydrogen-bond donors (Lipinski definition) is 2. The summed E-state index contributed by atoms with van der Waals surface area (Å²) in [6.45, 7) is 0. The fourth-order valence-corrected chi connectivity index (χ4v) is 4.12. The number of aromatic nitrogens is 6. The molecule has 33 heavy (non-hydrogen) atoms. The van der Waals surface area contributed by atoms with Gasteiger partial charge >= 0.3 is 0 Å². The van der Waals surface area contributed by atoms with Crippen LogP contribution in [0.25, 0.3) is 55.7 Å². The van der Waals surface area contributed by atoms with E-state index in [-0.39, 0.29) is 0 Å². The number of H-pyrrole nitrogens is 2. The lowest BCUT2D eigenvalue weighted by molar-refractivity contribution is 1.11. The van der Waals surface area contributed by atoms with Crippen LogP contribution in [-0.2, 0) is 0 Å². The van der Waals surface area contributed by atoms with Crippen LogP contribution in [-0.4, -0.2) is 44.2 Å². The molecule has 0 saturated carbocycles. The molecule has 5 heterocycles. The Morgan fingerprint density at radius 3 is 2.52 bits per heavy atom. The maximum absolute atomic E-state index is 4.63. The van der Waals surface area contributed by atoms with Gasteiger partial charge in [-0.3, -0.25) is 20.1 Å². The van der Waals surface area contributed by atoms with Crippen LogP contribution in [0.1, 0.15) is 0 Å². The van der Waals surface area contributed by atoms with Gasteiger partial charge in [-0.05, 0) is 48.0 Å². The average molecular weight is 432 g/mol. The average Bonchev–Trinajstić information content (AvgIpc) is 3.48. The number of benzene rings is 1. The fourth-order valence-electron chi connectivity index (χ4n) is 4.12. The summed E-state index contributed by atoms with van der Waals surface area (Å²) in [5.41, 5.74) is 8.68. The zero-order chi connectivity index (χ0) is 22.4. The summed E-state index contributed by atoms with van der Waals surface area (Å²) < 4.78 is 0. The van der Waals surface area contributed by atoms with Gasteiger partial charge in [-0.15, -0.1) is 0 Å². The zero-order valence-corrected chi connectivity index (χ0v) is 18.2. The summed E-state index contributed by atoms with van der Waals surface area (Å²) in [4.78, 5) is 19.0. The van der Waals surface area contributed by atoms with Gasteiger partial charge in [0.1, 0.15) is 5.69 Å². The van der Waals surface area contributed by atoms with E-state index in [1.165, 1.54) is 0 Å². The molecule has 5 aromatic heterocycles. The molecule has 7 nitrogen and oxygen atoms in total. The third-order valence-corrected chi connectivity index (χ3v) is 5.85. The fraction of sp³-hybridized carbons (Fsp3) is 0.0769. The Labute approximate surface area is 190 Å². The van der Waals surface area contributed by atoms with E-state index < -0.39 is 0 Å². The Balaban J connectivity index is 1.48. The molecular formula is C26H21N7. The quantitative estimate of drug-likeness (QED) is 0.396. The van der Waals surface area contributed by atoms with E-state index in [1.807, 2.05) is 50.8 Å². The molecule has 0 bridgehead atoms. The molecule has 0 aliphatic carbocycles. The Bertz CT molecular complexity index is 1600. The summed E-state index contributed by atoms with van der Waals surface area (Å²) >= 11 is 0. The van der Waals surface area contributed by atoms with E-state index >= 15 is 0 Å². The van der Waals surface area contributed by atoms with Crippen LogP contribution in [0.2, 0.25) is 0 Å². The minimum absolute atomic E-state index is 0.844. The second kappa shape index (κ2) is 7.56. The van der Waals surface area contributed by atoms with Crippen LogP contribution in [0.3, 0.4) is 0 Å². The van der Waals surface area contributed by atoms with Crippen molar-refractivity contribution in [2.75, 3.05) is 19.0 Å². The maximum atomic E-state index is 4.63. The highest BCUT2D eigenvalue weighted by Gasteiger charge is 2.15. The molecule has 0 amide bonds. The normalized spacial score (nSPS) is 11.3. The van der Waals surface area contributed by atoms with E-state index in [1.54, 1.807) is 12.4 Å². The van der Waals surface area contributed by atoms with Crippen LogP contribution in [0.15, 0.2) is 79.4 Å². The first-order valence-electron chi connectivity index (χ1n) is 10.7. The van der Waals surface area contributed by atoms with E-state index in [9.17, 15) is 0 Å². The molecule has 0 aliphatic rings. The van der Waals surface area contributed by atoms with Gasteiger partial charge in [0.15, 0.2) is 0 Å². The van der Waals surface area contributed by atoms with Crippen molar-refractivity contribution in [3.05, 3.63) is 79.4 Å². The van der Waals surface area contributed by atoms with Gasteiger partial charge in [-0.1, -0.05) is 12.1 Å². The molecule has 160 valence electrons. The minimum Gasteiger partial charge on any atom is -0.376 e. The Morgan fingerprint density at radius 1 is 0.758 bits per heavy atom. The second-order valence-electron chi connectivity index (χ2n) is 8.18. The molecule has 0 aliphatic heterocycles. The highest BCUT2D eigenvalue weighted by atomic mass is 15.1. The van der Waals surface area contributed by atoms with Crippen LogP contribution in [0.5, 0.6) is 0 Å². The largest absolute Gasteiger partial charge is 0.376 e. The highest BCUT2D eigenvalue weighted by Crippen LogP contribution is 2.34. The molecule has 0 atom stereocenters. The van der Waals surface area contributed by atoms with Gasteiger partial charge in [0.2, 0.25) is 0 Å². The van der Waals surface area contributed by atoms with E-state index in [2.05, 4.69) is 65.4 Å². The molecular weight excluding hydrogens is 410 g/mol. The van der Waals surface area contributed by atoms with Crippen molar-refractivity contribution >= 4 is 27.5 Å². The minimum atomic E-state index is 0.844. The zero-order valence-electron chi connectivity index (χ0n) is 18.2. The predicted molar refractivity (Wildman–Crippen MR) is 132 cm³/mol. The topological polar surface area (TPSA) is 86.4 Å². The summed E-state index contributed by atoms with van der Waals surface area (Å²) in [6.07, 6.45) is 7.34. The monoisotopic (exact) mass is 431 g/mol. The molecule has 1 aromatic carbocycles. The van der Waals surface area contributed by atoms with E-state index in [4.69, 9.17) is 0 Å². The number of pyridine rings is 3. The lowest BCUT2D eigenvalue weighted by Gasteiger charge is -2.13. The van der Waals surface area contributed by atoms with Crippen LogP contribution in [0, 0.1) is 0 Å².